The molecule has 0 fully saturated rings. The zero-order valence-corrected chi connectivity index (χ0v) is 25.3. The first kappa shape index (κ1) is 31.2. The Morgan fingerprint density at radius 2 is 1.54 bits per heavy atom. The normalized spacial score (nSPS) is 12.9. The van der Waals surface area contributed by atoms with E-state index < -0.39 is 0 Å². The van der Waals surface area contributed by atoms with Crippen LogP contribution in [0.2, 0.25) is 5.02 Å². The highest BCUT2D eigenvalue weighted by Gasteiger charge is 2.13. The number of carbonyl (C=O) groups is 1. The summed E-state index contributed by atoms with van der Waals surface area (Å²) in [6.45, 7) is 5.85. The van der Waals surface area contributed by atoms with Crippen LogP contribution in [-0.2, 0) is 6.54 Å². The van der Waals surface area contributed by atoms with Gasteiger partial charge < -0.3 is 20.3 Å². The Bertz CT molecular complexity index is 1030. The summed E-state index contributed by atoms with van der Waals surface area (Å²) in [5.74, 6) is 1.51. The van der Waals surface area contributed by atoms with E-state index in [9.17, 15) is 4.79 Å². The van der Waals surface area contributed by atoms with Gasteiger partial charge in [0.15, 0.2) is 5.75 Å². The second-order valence-electron chi connectivity index (χ2n) is 10.4. The van der Waals surface area contributed by atoms with Gasteiger partial charge in [0.05, 0.1) is 23.2 Å². The number of unbranched alkanes of at least 4 members (excludes halogenated alkanes) is 11. The maximum Gasteiger partial charge on any atom is 0.323 e. The number of hydrogen-bond donors (Lipinski definition) is 2. The van der Waals surface area contributed by atoms with E-state index in [0.717, 1.165) is 31.0 Å². The molecule has 0 atom stereocenters. The van der Waals surface area contributed by atoms with Crippen molar-refractivity contribution in [1.82, 2.24) is 4.90 Å². The lowest BCUT2D eigenvalue weighted by molar-refractivity contribution is 0.261. The molecule has 7 heteroatoms. The number of anilines is 2. The molecule has 5 nitrogen and oxygen atoms in total. The van der Waals surface area contributed by atoms with E-state index in [2.05, 4.69) is 46.9 Å². The predicted octanol–water partition coefficient (Wildman–Crippen LogP) is 10.4. The topological polar surface area (TPSA) is 53.6 Å². The van der Waals surface area contributed by atoms with E-state index in [-0.39, 0.29) is 6.03 Å². The Morgan fingerprint density at radius 3 is 2.15 bits per heavy atom. The molecule has 0 aromatic heterocycles. The Kier molecular flexibility index (Phi) is 14.5. The lowest BCUT2D eigenvalue weighted by Crippen LogP contribution is -2.20. The van der Waals surface area contributed by atoms with E-state index in [0.29, 0.717) is 23.1 Å². The molecule has 1 aliphatic heterocycles. The Labute approximate surface area is 245 Å². The predicted molar refractivity (Wildman–Crippen MR) is 169 cm³/mol. The van der Waals surface area contributed by atoms with Crippen LogP contribution in [0.4, 0.5) is 16.2 Å². The maximum absolute atomic E-state index is 12.7. The average molecular weight is 572 g/mol. The van der Waals surface area contributed by atoms with Gasteiger partial charge in [-0.3, -0.25) is 0 Å². The third kappa shape index (κ3) is 11.8. The fraction of sp³-hybridized carbons (Fsp3) is 0.531. The summed E-state index contributed by atoms with van der Waals surface area (Å²) >= 11 is 8.23. The SMILES string of the molecule is CCCCCCCCCCCCCCOc1c(Cl)cccc1NC(=O)Nc1ccc(CN2CSC=C2C)cc1. The lowest BCUT2D eigenvalue weighted by Gasteiger charge is -2.19. The molecule has 0 bridgehead atoms. The molecule has 1 heterocycles. The molecular weight excluding hydrogens is 526 g/mol. The van der Waals surface area contributed by atoms with E-state index in [1.54, 1.807) is 6.07 Å². The zero-order valence-electron chi connectivity index (χ0n) is 23.8. The number of urea groups is 1. The number of amides is 2. The summed E-state index contributed by atoms with van der Waals surface area (Å²) in [5.41, 5.74) is 3.81. The minimum Gasteiger partial charge on any atom is -0.490 e. The monoisotopic (exact) mass is 571 g/mol. The van der Waals surface area contributed by atoms with Crippen molar-refractivity contribution < 1.29 is 9.53 Å². The number of nitrogens with zero attached hydrogens (tertiary/aromatic N) is 1. The van der Waals surface area contributed by atoms with Gasteiger partial charge in [-0.1, -0.05) is 107 Å². The van der Waals surface area contributed by atoms with Crippen LogP contribution in [0.25, 0.3) is 0 Å². The number of benzene rings is 2. The summed E-state index contributed by atoms with van der Waals surface area (Å²) < 4.78 is 6.01. The number of nitrogens with one attached hydrogen (secondary N) is 2. The molecule has 0 unspecified atom stereocenters. The summed E-state index contributed by atoms with van der Waals surface area (Å²) in [7, 11) is 0. The van der Waals surface area contributed by atoms with E-state index >= 15 is 0 Å². The van der Waals surface area contributed by atoms with Crippen molar-refractivity contribution in [2.45, 2.75) is 97.4 Å². The molecule has 0 saturated heterocycles. The van der Waals surface area contributed by atoms with Crippen molar-refractivity contribution in [3.05, 3.63) is 64.2 Å². The molecule has 2 aromatic carbocycles. The Hall–Kier alpha value is -2.31. The summed E-state index contributed by atoms with van der Waals surface area (Å²) in [6, 6.07) is 13.1. The number of hydrogen-bond acceptors (Lipinski definition) is 4. The summed E-state index contributed by atoms with van der Waals surface area (Å²) in [5, 5.41) is 8.49. The van der Waals surface area contributed by atoms with Crippen LogP contribution in [0, 0.1) is 0 Å². The van der Waals surface area contributed by atoms with Crippen LogP contribution in [0.5, 0.6) is 5.75 Å². The molecule has 0 spiro atoms. The van der Waals surface area contributed by atoms with Gasteiger partial charge in [-0.2, -0.15) is 0 Å². The molecule has 3 rings (SSSR count). The van der Waals surface area contributed by atoms with Gasteiger partial charge in [0.2, 0.25) is 0 Å². The molecular formula is C32H46ClN3O2S. The maximum atomic E-state index is 12.7. The van der Waals surface area contributed by atoms with Crippen LogP contribution >= 0.6 is 23.4 Å². The van der Waals surface area contributed by atoms with Crippen molar-refractivity contribution in [2.24, 2.45) is 0 Å². The molecule has 1 aliphatic rings. The second-order valence-corrected chi connectivity index (χ2v) is 11.6. The first-order valence-corrected chi connectivity index (χ1v) is 16.1. The number of rotatable bonds is 18. The minimum absolute atomic E-state index is 0.324. The summed E-state index contributed by atoms with van der Waals surface area (Å²) in [4.78, 5) is 15.0. The Morgan fingerprint density at radius 1 is 0.897 bits per heavy atom. The van der Waals surface area contributed by atoms with Crippen molar-refractivity contribution >= 4 is 40.8 Å². The minimum atomic E-state index is -0.324. The van der Waals surface area contributed by atoms with Gasteiger partial charge in [-0.25, -0.2) is 4.79 Å². The first-order chi connectivity index (χ1) is 19.1. The van der Waals surface area contributed by atoms with Gasteiger partial charge >= 0.3 is 6.03 Å². The molecule has 2 N–H and O–H groups in total. The molecule has 0 radical (unpaired) electrons. The number of allylic oxidation sites excluding steroid dienone is 1. The van der Waals surface area contributed by atoms with Gasteiger partial charge in [0, 0.05) is 17.9 Å². The third-order valence-electron chi connectivity index (χ3n) is 7.03. The molecule has 2 amide bonds. The number of para-hydroxylation sites is 1. The van der Waals surface area contributed by atoms with Crippen LogP contribution in [-0.4, -0.2) is 23.4 Å². The smallest absolute Gasteiger partial charge is 0.323 e. The third-order valence-corrected chi connectivity index (χ3v) is 8.29. The van der Waals surface area contributed by atoms with Gasteiger partial charge in [-0.05, 0) is 48.6 Å². The van der Waals surface area contributed by atoms with E-state index in [1.165, 1.54) is 75.5 Å². The number of ether oxygens (including phenoxy) is 1. The summed E-state index contributed by atoms with van der Waals surface area (Å²) in [6.07, 6.45) is 15.6. The second kappa shape index (κ2) is 18.1. The van der Waals surface area contributed by atoms with Crippen molar-refractivity contribution in [1.29, 1.82) is 0 Å². The average Bonchev–Trinajstić information content (AvgIpc) is 3.33. The van der Waals surface area contributed by atoms with Crippen LogP contribution in [0.15, 0.2) is 53.6 Å². The molecule has 0 aliphatic carbocycles. The van der Waals surface area contributed by atoms with E-state index in [4.69, 9.17) is 16.3 Å². The fourth-order valence-electron chi connectivity index (χ4n) is 4.66. The highest BCUT2D eigenvalue weighted by atomic mass is 35.5. The fourth-order valence-corrected chi connectivity index (χ4v) is 5.83. The van der Waals surface area contributed by atoms with Crippen molar-refractivity contribution in [2.75, 3.05) is 23.1 Å². The molecule has 2 aromatic rings. The number of halogens is 1. The van der Waals surface area contributed by atoms with Crippen molar-refractivity contribution in [3.63, 3.8) is 0 Å². The quantitative estimate of drug-likeness (QED) is 0.175. The molecule has 0 saturated carbocycles. The number of carbonyl (C=O) groups excluding carboxylic acids is 1. The molecule has 39 heavy (non-hydrogen) atoms. The number of thioether (sulfide) groups is 1. The molecule has 214 valence electrons. The highest BCUT2D eigenvalue weighted by molar-refractivity contribution is 8.02. The lowest BCUT2D eigenvalue weighted by atomic mass is 10.1. The van der Waals surface area contributed by atoms with Gasteiger partial charge in [0.25, 0.3) is 0 Å². The highest BCUT2D eigenvalue weighted by Crippen LogP contribution is 2.33. The standard InChI is InChI=1S/C32H46ClN3O2S/c1-3-4-5-6-7-8-9-10-11-12-13-14-22-38-31-29(33)16-15-17-30(31)35-32(37)34-28-20-18-27(19-21-28)23-36-25-39-24-26(36)2/h15-21,24H,3-14,22-23,25H2,1-2H3,(H2,34,35,37). The van der Waals surface area contributed by atoms with Crippen LogP contribution in [0.1, 0.15) is 96.5 Å². The van der Waals surface area contributed by atoms with E-state index in [1.807, 2.05) is 36.0 Å². The van der Waals surface area contributed by atoms with Crippen LogP contribution in [0.3, 0.4) is 0 Å². The van der Waals surface area contributed by atoms with Crippen molar-refractivity contribution in [3.8, 4) is 5.75 Å². The van der Waals surface area contributed by atoms with Gasteiger partial charge in [-0.15, -0.1) is 11.8 Å². The largest absolute Gasteiger partial charge is 0.490 e. The first-order valence-electron chi connectivity index (χ1n) is 14.7. The van der Waals surface area contributed by atoms with Gasteiger partial charge in [0.1, 0.15) is 0 Å². The zero-order chi connectivity index (χ0) is 27.7. The van der Waals surface area contributed by atoms with Crippen LogP contribution < -0.4 is 15.4 Å². The Balaban J connectivity index is 1.34.